The highest BCUT2D eigenvalue weighted by molar-refractivity contribution is 7.80. The number of benzene rings is 2. The Morgan fingerprint density at radius 3 is 2.38 bits per heavy atom. The second-order valence-electron chi connectivity index (χ2n) is 4.01. The Morgan fingerprint density at radius 1 is 1.10 bits per heavy atom. The van der Waals surface area contributed by atoms with E-state index in [0.717, 1.165) is 18.2 Å². The third-order valence-electron chi connectivity index (χ3n) is 2.51. The average Bonchev–Trinajstić information content (AvgIpc) is 2.43. The molecule has 0 radical (unpaired) electrons. The highest BCUT2D eigenvalue weighted by Gasteiger charge is 2.07. The van der Waals surface area contributed by atoms with Crippen molar-refractivity contribution in [1.82, 2.24) is 0 Å². The van der Waals surface area contributed by atoms with E-state index in [9.17, 15) is 18.9 Å². The number of nitro groups is 1. The van der Waals surface area contributed by atoms with Crippen molar-refractivity contribution in [2.75, 3.05) is 10.6 Å². The van der Waals surface area contributed by atoms with E-state index in [0.29, 0.717) is 5.69 Å². The summed E-state index contributed by atoms with van der Waals surface area (Å²) in [5.74, 6) is -1.25. The van der Waals surface area contributed by atoms with E-state index in [1.165, 1.54) is 24.3 Å². The molecular weight excluding hydrogens is 300 g/mol. The van der Waals surface area contributed by atoms with Crippen LogP contribution in [-0.4, -0.2) is 10.0 Å². The molecule has 0 saturated heterocycles. The summed E-state index contributed by atoms with van der Waals surface area (Å²) in [6, 6.07) is 8.45. The molecule has 0 bridgehead atoms. The lowest BCUT2D eigenvalue weighted by atomic mass is 10.3. The fraction of sp³-hybridized carbons (Fsp3) is 0. The van der Waals surface area contributed by atoms with Crippen LogP contribution in [0, 0.1) is 21.7 Å². The van der Waals surface area contributed by atoms with Crippen molar-refractivity contribution < 1.29 is 13.7 Å². The predicted molar refractivity (Wildman–Crippen MR) is 79.3 cm³/mol. The first-order chi connectivity index (χ1) is 9.95. The summed E-state index contributed by atoms with van der Waals surface area (Å²) in [6.45, 7) is 0. The molecule has 0 aromatic heterocycles. The molecule has 8 heteroatoms. The van der Waals surface area contributed by atoms with Gasteiger partial charge in [0.2, 0.25) is 0 Å². The first-order valence-corrected chi connectivity index (χ1v) is 6.14. The zero-order valence-corrected chi connectivity index (χ0v) is 11.3. The molecule has 0 aliphatic heterocycles. The minimum Gasteiger partial charge on any atom is -0.332 e. The van der Waals surface area contributed by atoms with Gasteiger partial charge in [0, 0.05) is 23.9 Å². The largest absolute Gasteiger partial charge is 0.332 e. The third-order valence-corrected chi connectivity index (χ3v) is 2.72. The zero-order valence-electron chi connectivity index (χ0n) is 10.5. The molecule has 5 nitrogen and oxygen atoms in total. The highest BCUT2D eigenvalue weighted by Crippen LogP contribution is 2.18. The van der Waals surface area contributed by atoms with Crippen molar-refractivity contribution in [2.24, 2.45) is 0 Å². The van der Waals surface area contributed by atoms with Gasteiger partial charge >= 0.3 is 0 Å². The van der Waals surface area contributed by atoms with Crippen LogP contribution in [0.2, 0.25) is 0 Å². The molecule has 21 heavy (non-hydrogen) atoms. The smallest absolute Gasteiger partial charge is 0.269 e. The Balaban J connectivity index is 2.04. The lowest BCUT2D eigenvalue weighted by Gasteiger charge is -2.11. The molecule has 0 spiro atoms. The second-order valence-corrected chi connectivity index (χ2v) is 4.42. The number of thiocarbonyl (C=S) groups is 1. The number of halogens is 2. The average molecular weight is 309 g/mol. The maximum absolute atomic E-state index is 13.4. The minimum atomic E-state index is -0.649. The first-order valence-electron chi connectivity index (χ1n) is 5.73. The van der Waals surface area contributed by atoms with Gasteiger partial charge in [-0.15, -0.1) is 0 Å². The predicted octanol–water partition coefficient (Wildman–Crippen LogP) is 3.68. The number of hydrogen-bond acceptors (Lipinski definition) is 3. The zero-order chi connectivity index (χ0) is 15.4. The SMILES string of the molecule is O=[N+]([O-])c1ccc(NC(=S)Nc2cc(F)ccc2F)cc1. The molecule has 2 N–H and O–H groups in total. The Kier molecular flexibility index (Phi) is 4.39. The van der Waals surface area contributed by atoms with Gasteiger partial charge in [-0.3, -0.25) is 10.1 Å². The van der Waals surface area contributed by atoms with E-state index in [2.05, 4.69) is 10.6 Å². The monoisotopic (exact) mass is 309 g/mol. The van der Waals surface area contributed by atoms with Gasteiger partial charge in [-0.2, -0.15) is 0 Å². The number of hydrogen-bond donors (Lipinski definition) is 2. The molecule has 0 aliphatic rings. The van der Waals surface area contributed by atoms with E-state index >= 15 is 0 Å². The lowest BCUT2D eigenvalue weighted by molar-refractivity contribution is -0.384. The molecule has 0 atom stereocenters. The number of nitrogens with zero attached hydrogens (tertiary/aromatic N) is 1. The van der Waals surface area contributed by atoms with Gasteiger partial charge in [0.15, 0.2) is 5.11 Å². The van der Waals surface area contributed by atoms with Gasteiger partial charge in [0.1, 0.15) is 11.6 Å². The van der Waals surface area contributed by atoms with Gasteiger partial charge in [-0.25, -0.2) is 8.78 Å². The summed E-state index contributed by atoms with van der Waals surface area (Å²) in [5.41, 5.74) is 0.319. The number of nitro benzene ring substituents is 1. The lowest BCUT2D eigenvalue weighted by Crippen LogP contribution is -2.19. The number of nitrogens with one attached hydrogen (secondary N) is 2. The molecule has 0 fully saturated rings. The minimum absolute atomic E-state index is 0.0355. The van der Waals surface area contributed by atoms with Crippen LogP contribution in [0.5, 0.6) is 0 Å². The number of rotatable bonds is 3. The van der Waals surface area contributed by atoms with Crippen molar-refractivity contribution in [3.8, 4) is 0 Å². The van der Waals surface area contributed by atoms with Crippen molar-refractivity contribution in [3.05, 3.63) is 64.2 Å². The maximum atomic E-state index is 13.4. The van der Waals surface area contributed by atoms with E-state index in [4.69, 9.17) is 12.2 Å². The van der Waals surface area contributed by atoms with Gasteiger partial charge in [-0.1, -0.05) is 0 Å². The van der Waals surface area contributed by atoms with Crippen LogP contribution in [0.3, 0.4) is 0 Å². The molecule has 0 unspecified atom stereocenters. The number of non-ortho nitro benzene ring substituents is 1. The van der Waals surface area contributed by atoms with Crippen molar-refractivity contribution in [3.63, 3.8) is 0 Å². The van der Waals surface area contributed by atoms with Crippen LogP contribution >= 0.6 is 12.2 Å². The highest BCUT2D eigenvalue weighted by atomic mass is 32.1. The summed E-state index contributed by atoms with van der Waals surface area (Å²) in [7, 11) is 0. The molecule has 2 rings (SSSR count). The van der Waals surface area contributed by atoms with Crippen LogP contribution in [0.25, 0.3) is 0 Å². The molecule has 0 amide bonds. The normalized spacial score (nSPS) is 10.0. The van der Waals surface area contributed by atoms with Crippen LogP contribution < -0.4 is 10.6 Å². The van der Waals surface area contributed by atoms with Crippen molar-refractivity contribution in [1.29, 1.82) is 0 Å². The molecule has 2 aromatic rings. The summed E-state index contributed by atoms with van der Waals surface area (Å²) in [5, 5.41) is 15.8. The van der Waals surface area contributed by atoms with Crippen LogP contribution in [0.1, 0.15) is 0 Å². The Hall–Kier alpha value is -2.61. The first kappa shape index (κ1) is 14.8. The topological polar surface area (TPSA) is 67.2 Å². The van der Waals surface area contributed by atoms with Crippen LogP contribution in [-0.2, 0) is 0 Å². The standard InChI is InChI=1S/C13H9F2N3O2S/c14-8-1-6-11(15)12(7-8)17-13(21)16-9-2-4-10(5-3-9)18(19)20/h1-7H,(H2,16,17,21). The summed E-state index contributed by atoms with van der Waals surface area (Å²) >= 11 is 4.96. The molecule has 2 aromatic carbocycles. The van der Waals surface area contributed by atoms with E-state index in [1.54, 1.807) is 0 Å². The van der Waals surface area contributed by atoms with Gasteiger partial charge < -0.3 is 10.6 Å². The number of anilines is 2. The molecule has 0 aliphatic carbocycles. The van der Waals surface area contributed by atoms with E-state index < -0.39 is 16.6 Å². The Labute approximate surface area is 123 Å². The molecule has 0 heterocycles. The van der Waals surface area contributed by atoms with Crippen LogP contribution in [0.4, 0.5) is 25.8 Å². The fourth-order valence-corrected chi connectivity index (χ4v) is 1.77. The summed E-state index contributed by atoms with van der Waals surface area (Å²) < 4.78 is 26.4. The molecule has 108 valence electrons. The van der Waals surface area contributed by atoms with Crippen molar-refractivity contribution in [2.45, 2.75) is 0 Å². The molecular formula is C13H9F2N3O2S. The quantitative estimate of drug-likeness (QED) is 0.514. The van der Waals surface area contributed by atoms with E-state index in [-0.39, 0.29) is 16.5 Å². The Morgan fingerprint density at radius 2 is 1.76 bits per heavy atom. The van der Waals surface area contributed by atoms with Gasteiger partial charge in [0.25, 0.3) is 5.69 Å². The van der Waals surface area contributed by atoms with Crippen molar-refractivity contribution >= 4 is 34.4 Å². The third kappa shape index (κ3) is 3.93. The van der Waals surface area contributed by atoms with E-state index in [1.807, 2.05) is 0 Å². The maximum Gasteiger partial charge on any atom is 0.269 e. The second kappa shape index (κ2) is 6.23. The fourth-order valence-electron chi connectivity index (χ4n) is 1.54. The summed E-state index contributed by atoms with van der Waals surface area (Å²) in [6.07, 6.45) is 0. The van der Waals surface area contributed by atoms with Crippen LogP contribution in [0.15, 0.2) is 42.5 Å². The Bertz CT molecular complexity index is 692. The van der Waals surface area contributed by atoms with Gasteiger partial charge in [0.05, 0.1) is 10.6 Å². The molecule has 0 saturated carbocycles. The van der Waals surface area contributed by atoms with Gasteiger partial charge in [-0.05, 0) is 36.5 Å². The summed E-state index contributed by atoms with van der Waals surface area (Å²) in [4.78, 5) is 9.99.